The van der Waals surface area contributed by atoms with Gasteiger partial charge < -0.3 is 14.5 Å². The molecule has 1 atom stereocenters. The topological polar surface area (TPSA) is 120 Å². The summed E-state index contributed by atoms with van der Waals surface area (Å²) in [5.41, 5.74) is 1.32. The number of nitro benzene ring substituents is 1. The highest BCUT2D eigenvalue weighted by Gasteiger charge is 2.19. The normalized spacial score (nSPS) is 11.7. The number of aromatic nitrogens is 2. The van der Waals surface area contributed by atoms with E-state index >= 15 is 0 Å². The number of nitrogens with one attached hydrogen (secondary N) is 1. The Bertz CT molecular complexity index is 1010. The Hall–Kier alpha value is -3.40. The number of non-ortho nitro benzene ring substituents is 1. The highest BCUT2D eigenvalue weighted by Crippen LogP contribution is 2.28. The molecule has 0 bridgehead atoms. The zero-order valence-electron chi connectivity index (χ0n) is 15.7. The monoisotopic (exact) mass is 414 g/mol. The number of thioether (sulfide) groups is 1. The summed E-state index contributed by atoms with van der Waals surface area (Å²) >= 11 is 1.11. The first-order chi connectivity index (χ1) is 14.0. The Morgan fingerprint density at radius 3 is 2.72 bits per heavy atom. The minimum Gasteiger partial charge on any atom is -0.497 e. The molecule has 0 aliphatic heterocycles. The van der Waals surface area contributed by atoms with Crippen molar-refractivity contribution in [2.75, 3.05) is 7.11 Å². The van der Waals surface area contributed by atoms with E-state index in [1.165, 1.54) is 12.1 Å². The number of nitrogens with zero attached hydrogens (tertiary/aromatic N) is 3. The molecule has 0 aliphatic carbocycles. The van der Waals surface area contributed by atoms with E-state index in [9.17, 15) is 14.9 Å². The predicted molar refractivity (Wildman–Crippen MR) is 107 cm³/mol. The summed E-state index contributed by atoms with van der Waals surface area (Å²) in [5.74, 6) is 0.725. The van der Waals surface area contributed by atoms with Gasteiger partial charge in [0.25, 0.3) is 10.9 Å². The maximum absolute atomic E-state index is 12.3. The predicted octanol–water partition coefficient (Wildman–Crippen LogP) is 3.45. The van der Waals surface area contributed by atoms with Crippen LogP contribution in [0, 0.1) is 10.1 Å². The second-order valence-electron chi connectivity index (χ2n) is 6.01. The third-order valence-corrected chi connectivity index (χ3v) is 4.92. The molecule has 0 fully saturated rings. The second-order valence-corrected chi connectivity index (χ2v) is 7.30. The molecule has 2 aromatic carbocycles. The van der Waals surface area contributed by atoms with Crippen molar-refractivity contribution >= 4 is 23.4 Å². The Morgan fingerprint density at radius 2 is 2.03 bits per heavy atom. The van der Waals surface area contributed by atoms with Gasteiger partial charge in [-0.3, -0.25) is 14.9 Å². The molecule has 10 heteroatoms. The van der Waals surface area contributed by atoms with Crippen LogP contribution in [0.25, 0.3) is 11.5 Å². The van der Waals surface area contributed by atoms with Crippen LogP contribution in [0.15, 0.2) is 58.2 Å². The zero-order chi connectivity index (χ0) is 20.8. The van der Waals surface area contributed by atoms with E-state index in [0.717, 1.165) is 23.1 Å². The SMILES string of the molecule is COc1ccc(CNC(=O)[C@@H](C)Sc2nnc(-c3cccc([N+](=O)[O-])c3)o2)cc1. The van der Waals surface area contributed by atoms with Gasteiger partial charge in [-0.25, -0.2) is 0 Å². The number of rotatable bonds is 8. The van der Waals surface area contributed by atoms with E-state index in [1.807, 2.05) is 24.3 Å². The van der Waals surface area contributed by atoms with Crippen LogP contribution in [0.5, 0.6) is 5.75 Å². The van der Waals surface area contributed by atoms with Crippen LogP contribution in [0.3, 0.4) is 0 Å². The van der Waals surface area contributed by atoms with E-state index in [-0.39, 0.29) is 22.7 Å². The summed E-state index contributed by atoms with van der Waals surface area (Å²) in [5, 5.41) is 21.3. The van der Waals surface area contributed by atoms with Crippen LogP contribution in [0.1, 0.15) is 12.5 Å². The standard InChI is InChI=1S/C19H18N4O5S/c1-12(17(24)20-11-13-6-8-16(27-2)9-7-13)29-19-22-21-18(28-19)14-4-3-5-15(10-14)23(25)26/h3-10,12H,11H2,1-2H3,(H,20,24)/t12-/m1/s1. The van der Waals surface area contributed by atoms with Crippen molar-refractivity contribution < 1.29 is 18.9 Å². The fraction of sp³-hybridized carbons (Fsp3) is 0.211. The number of hydrogen-bond donors (Lipinski definition) is 1. The van der Waals surface area contributed by atoms with Crippen molar-refractivity contribution in [3.8, 4) is 17.2 Å². The first-order valence-corrected chi connectivity index (χ1v) is 9.50. The highest BCUT2D eigenvalue weighted by atomic mass is 32.2. The minimum absolute atomic E-state index is 0.0684. The van der Waals surface area contributed by atoms with Gasteiger partial charge in [-0.1, -0.05) is 30.0 Å². The first-order valence-electron chi connectivity index (χ1n) is 8.62. The first kappa shape index (κ1) is 20.3. The summed E-state index contributed by atoms with van der Waals surface area (Å²) in [7, 11) is 1.59. The van der Waals surface area contributed by atoms with Gasteiger partial charge >= 0.3 is 0 Å². The fourth-order valence-corrected chi connectivity index (χ4v) is 3.12. The number of nitro groups is 1. The number of ether oxygens (including phenoxy) is 1. The number of benzene rings is 2. The van der Waals surface area contributed by atoms with Gasteiger partial charge in [0.1, 0.15) is 5.75 Å². The molecule has 0 aliphatic rings. The summed E-state index contributed by atoms with van der Waals surface area (Å²) in [6.07, 6.45) is 0. The maximum atomic E-state index is 12.3. The molecule has 0 radical (unpaired) electrons. The Labute approximate surface area is 170 Å². The summed E-state index contributed by atoms with van der Waals surface area (Å²) < 4.78 is 10.6. The van der Waals surface area contributed by atoms with Gasteiger partial charge in [-0.2, -0.15) is 0 Å². The maximum Gasteiger partial charge on any atom is 0.277 e. The number of amides is 1. The third kappa shape index (κ3) is 5.32. The molecular formula is C19H18N4O5S. The van der Waals surface area contributed by atoms with Crippen LogP contribution >= 0.6 is 11.8 Å². The van der Waals surface area contributed by atoms with Crippen molar-refractivity contribution in [2.45, 2.75) is 23.9 Å². The lowest BCUT2D eigenvalue weighted by Crippen LogP contribution is -2.30. The summed E-state index contributed by atoms with van der Waals surface area (Å²) in [4.78, 5) is 22.7. The van der Waals surface area contributed by atoms with Crippen LogP contribution in [-0.2, 0) is 11.3 Å². The minimum atomic E-state index is -0.495. The van der Waals surface area contributed by atoms with E-state index in [4.69, 9.17) is 9.15 Å². The quantitative estimate of drug-likeness (QED) is 0.338. The largest absolute Gasteiger partial charge is 0.497 e. The molecule has 3 aromatic rings. The molecule has 0 spiro atoms. The Morgan fingerprint density at radius 1 is 1.28 bits per heavy atom. The smallest absolute Gasteiger partial charge is 0.277 e. The van der Waals surface area contributed by atoms with E-state index in [2.05, 4.69) is 15.5 Å². The molecule has 1 aromatic heterocycles. The van der Waals surface area contributed by atoms with Gasteiger partial charge in [0.15, 0.2) is 0 Å². The average Bonchev–Trinajstić information content (AvgIpc) is 3.21. The molecule has 0 unspecified atom stereocenters. The van der Waals surface area contributed by atoms with Crippen LogP contribution in [0.4, 0.5) is 5.69 Å². The lowest BCUT2D eigenvalue weighted by molar-refractivity contribution is -0.384. The Balaban J connectivity index is 1.57. The van der Waals surface area contributed by atoms with Gasteiger partial charge in [0.2, 0.25) is 11.8 Å². The lowest BCUT2D eigenvalue weighted by atomic mass is 10.2. The number of hydrogen-bond acceptors (Lipinski definition) is 8. The highest BCUT2D eigenvalue weighted by molar-refractivity contribution is 8.00. The van der Waals surface area contributed by atoms with Crippen molar-refractivity contribution in [3.63, 3.8) is 0 Å². The molecule has 1 amide bonds. The van der Waals surface area contributed by atoms with E-state index in [1.54, 1.807) is 26.2 Å². The number of methoxy groups -OCH3 is 1. The fourth-order valence-electron chi connectivity index (χ4n) is 2.41. The molecule has 1 N–H and O–H groups in total. The van der Waals surface area contributed by atoms with E-state index < -0.39 is 10.2 Å². The molecule has 1 heterocycles. The average molecular weight is 414 g/mol. The summed E-state index contributed by atoms with van der Waals surface area (Å²) in [6.45, 7) is 2.11. The molecule has 29 heavy (non-hydrogen) atoms. The second kappa shape index (κ2) is 9.20. The van der Waals surface area contributed by atoms with Crippen molar-refractivity contribution in [2.24, 2.45) is 0 Å². The molecular weight excluding hydrogens is 396 g/mol. The molecule has 9 nitrogen and oxygen atoms in total. The van der Waals surface area contributed by atoms with Crippen LogP contribution < -0.4 is 10.1 Å². The molecule has 0 saturated heterocycles. The summed E-state index contributed by atoms with van der Waals surface area (Å²) in [6, 6.07) is 13.3. The molecule has 150 valence electrons. The van der Waals surface area contributed by atoms with Crippen molar-refractivity contribution in [1.82, 2.24) is 15.5 Å². The van der Waals surface area contributed by atoms with E-state index in [0.29, 0.717) is 12.1 Å². The third-order valence-electron chi connectivity index (χ3n) is 3.98. The Kier molecular flexibility index (Phi) is 6.45. The van der Waals surface area contributed by atoms with Crippen molar-refractivity contribution in [1.29, 1.82) is 0 Å². The number of carbonyl (C=O) groups is 1. The van der Waals surface area contributed by atoms with Gasteiger partial charge in [0, 0.05) is 24.2 Å². The van der Waals surface area contributed by atoms with Crippen LogP contribution in [0.2, 0.25) is 0 Å². The van der Waals surface area contributed by atoms with Crippen LogP contribution in [-0.4, -0.2) is 33.4 Å². The van der Waals surface area contributed by atoms with Gasteiger partial charge in [-0.15, -0.1) is 10.2 Å². The number of carbonyl (C=O) groups excluding carboxylic acids is 1. The molecule has 0 saturated carbocycles. The van der Waals surface area contributed by atoms with Crippen molar-refractivity contribution in [3.05, 3.63) is 64.2 Å². The van der Waals surface area contributed by atoms with Gasteiger partial charge in [0.05, 0.1) is 17.3 Å². The molecule has 3 rings (SSSR count). The zero-order valence-corrected chi connectivity index (χ0v) is 16.5. The van der Waals surface area contributed by atoms with Gasteiger partial charge in [-0.05, 0) is 30.7 Å². The lowest BCUT2D eigenvalue weighted by Gasteiger charge is -2.10.